The third kappa shape index (κ3) is 4.08. The number of pyridine rings is 1. The lowest BCUT2D eigenvalue weighted by molar-refractivity contribution is -0.131. The van der Waals surface area contributed by atoms with Gasteiger partial charge in [0.15, 0.2) is 5.11 Å². The fourth-order valence-corrected chi connectivity index (χ4v) is 5.01. The van der Waals surface area contributed by atoms with Gasteiger partial charge in [-0.15, -0.1) is 0 Å². The summed E-state index contributed by atoms with van der Waals surface area (Å²) in [7, 11) is 0. The quantitative estimate of drug-likeness (QED) is 0.409. The fourth-order valence-electron chi connectivity index (χ4n) is 4.65. The molecule has 1 aliphatic carbocycles. The number of carbonyl (C=O) groups excluding carboxylic acids is 1. The molecule has 1 aliphatic heterocycles. The maximum absolute atomic E-state index is 13.2. The Morgan fingerprint density at radius 1 is 1.15 bits per heavy atom. The Bertz CT molecular complexity index is 1120. The summed E-state index contributed by atoms with van der Waals surface area (Å²) in [6.45, 7) is 0.329. The Hall–Kier alpha value is -3.34. The van der Waals surface area contributed by atoms with Crippen molar-refractivity contribution in [3.8, 4) is 5.69 Å². The van der Waals surface area contributed by atoms with E-state index in [4.69, 9.17) is 12.2 Å². The summed E-state index contributed by atoms with van der Waals surface area (Å²) in [6.07, 6.45) is 5.00. The van der Waals surface area contributed by atoms with E-state index in [2.05, 4.69) is 20.7 Å². The van der Waals surface area contributed by atoms with Crippen molar-refractivity contribution in [1.82, 2.24) is 25.4 Å². The predicted octanol–water partition coefficient (Wildman–Crippen LogP) is 0.757. The van der Waals surface area contributed by atoms with Crippen LogP contribution in [-0.4, -0.2) is 60.3 Å². The molecule has 5 rings (SSSR count). The van der Waals surface area contributed by atoms with Gasteiger partial charge >= 0.3 is 0 Å². The summed E-state index contributed by atoms with van der Waals surface area (Å²) in [5, 5.41) is 31.8. The Balaban J connectivity index is 1.41. The number of aliphatic hydroxyl groups excluding tert-OH is 2. The van der Waals surface area contributed by atoms with Crippen molar-refractivity contribution >= 4 is 28.9 Å². The van der Waals surface area contributed by atoms with E-state index in [1.54, 1.807) is 23.3 Å². The van der Waals surface area contributed by atoms with Crippen LogP contribution in [0.15, 0.2) is 67.3 Å². The summed E-state index contributed by atoms with van der Waals surface area (Å²) >= 11 is 5.59. The molecule has 2 fully saturated rings. The van der Waals surface area contributed by atoms with Crippen molar-refractivity contribution in [2.75, 3.05) is 4.90 Å². The summed E-state index contributed by atoms with van der Waals surface area (Å²) < 4.78 is 1.75. The van der Waals surface area contributed by atoms with Gasteiger partial charge in [-0.25, -0.2) is 4.68 Å². The van der Waals surface area contributed by atoms with Crippen molar-refractivity contribution in [2.24, 2.45) is 5.92 Å². The topological polar surface area (TPSA) is 116 Å². The molecule has 10 heteroatoms. The van der Waals surface area contributed by atoms with Crippen LogP contribution in [0.4, 0.5) is 5.69 Å². The maximum atomic E-state index is 13.2. The van der Waals surface area contributed by atoms with Gasteiger partial charge in [0.25, 0.3) is 0 Å². The van der Waals surface area contributed by atoms with Crippen LogP contribution in [-0.2, 0) is 11.3 Å². The van der Waals surface area contributed by atoms with Gasteiger partial charge in [-0.3, -0.25) is 9.78 Å². The molecule has 3 heterocycles. The highest BCUT2D eigenvalue weighted by Crippen LogP contribution is 2.37. The van der Waals surface area contributed by atoms with E-state index in [0.29, 0.717) is 11.7 Å². The molecule has 1 amide bonds. The lowest BCUT2D eigenvalue weighted by atomic mass is 9.77. The molecule has 5 atom stereocenters. The van der Waals surface area contributed by atoms with Crippen LogP contribution in [0.1, 0.15) is 12.0 Å². The zero-order chi connectivity index (χ0) is 22.9. The van der Waals surface area contributed by atoms with Crippen molar-refractivity contribution in [1.29, 1.82) is 0 Å². The Labute approximate surface area is 196 Å². The van der Waals surface area contributed by atoms with Gasteiger partial charge in [-0.2, -0.15) is 5.10 Å². The fraction of sp³-hybridized carbons (Fsp3) is 0.304. The summed E-state index contributed by atoms with van der Waals surface area (Å²) in [5.41, 5.74) is 2.57. The van der Waals surface area contributed by atoms with Crippen molar-refractivity contribution in [3.63, 3.8) is 0 Å². The Morgan fingerprint density at radius 3 is 2.64 bits per heavy atom. The smallest absolute Gasteiger partial charge is 0.225 e. The molecular formula is C23H24N6O3S. The van der Waals surface area contributed by atoms with Crippen LogP contribution in [0, 0.1) is 5.92 Å². The normalized spacial score (nSPS) is 26.5. The monoisotopic (exact) mass is 464 g/mol. The third-order valence-electron chi connectivity index (χ3n) is 6.27. The number of benzene rings is 1. The first-order chi connectivity index (χ1) is 16.0. The van der Waals surface area contributed by atoms with E-state index in [0.717, 1.165) is 16.9 Å². The van der Waals surface area contributed by atoms with Crippen LogP contribution in [0.3, 0.4) is 0 Å². The molecule has 1 saturated heterocycles. The second kappa shape index (κ2) is 8.89. The minimum Gasteiger partial charge on any atom is -0.390 e. The van der Waals surface area contributed by atoms with Crippen LogP contribution in [0.2, 0.25) is 0 Å². The Kier molecular flexibility index (Phi) is 5.79. The number of nitrogens with one attached hydrogen (secondary N) is 2. The summed E-state index contributed by atoms with van der Waals surface area (Å²) in [4.78, 5) is 19.2. The number of hydrogen-bond donors (Lipinski definition) is 4. The number of thiocarbonyl (C=S) groups is 1. The molecule has 170 valence electrons. The first-order valence-corrected chi connectivity index (χ1v) is 11.2. The zero-order valence-electron chi connectivity index (χ0n) is 17.7. The number of fused-ring (bicyclic) bond motifs is 1. The molecule has 2 aliphatic rings. The van der Waals surface area contributed by atoms with E-state index in [9.17, 15) is 15.0 Å². The Morgan fingerprint density at radius 2 is 1.94 bits per heavy atom. The molecule has 4 N–H and O–H groups in total. The highest BCUT2D eigenvalue weighted by atomic mass is 32.1. The predicted molar refractivity (Wildman–Crippen MR) is 126 cm³/mol. The molecule has 0 spiro atoms. The standard InChI is InChI=1S/C23H24N6O3S/c30-18-11-17(22(32)25-13-14-3-1-8-24-12-14)20-19(21(18)31)27-23(33)29(20)16-6-4-15(5-7-16)28-10-2-9-26-28/h1-10,12,17-21,30-31H,11,13H2,(H,25,32)(H,27,33). The lowest BCUT2D eigenvalue weighted by Crippen LogP contribution is -2.60. The van der Waals surface area contributed by atoms with Gasteiger partial charge in [0.05, 0.1) is 29.8 Å². The van der Waals surface area contributed by atoms with Gasteiger partial charge < -0.3 is 25.7 Å². The highest BCUT2D eigenvalue weighted by Gasteiger charge is 2.53. The van der Waals surface area contributed by atoms with Crippen molar-refractivity contribution in [3.05, 3.63) is 72.8 Å². The minimum absolute atomic E-state index is 0.132. The van der Waals surface area contributed by atoms with E-state index in [1.165, 1.54) is 0 Å². The number of anilines is 1. The number of aliphatic hydroxyl groups is 2. The number of hydrogen-bond acceptors (Lipinski definition) is 6. The van der Waals surface area contributed by atoms with Gasteiger partial charge in [-0.1, -0.05) is 6.07 Å². The second-order valence-electron chi connectivity index (χ2n) is 8.28. The molecule has 9 nitrogen and oxygen atoms in total. The average Bonchev–Trinajstić information content (AvgIpc) is 3.49. The number of carbonyl (C=O) groups is 1. The van der Waals surface area contributed by atoms with Gasteiger partial charge in [0, 0.05) is 37.0 Å². The second-order valence-corrected chi connectivity index (χ2v) is 8.67. The van der Waals surface area contributed by atoms with Crippen LogP contribution in [0.25, 0.3) is 5.69 Å². The third-order valence-corrected chi connectivity index (χ3v) is 6.58. The van der Waals surface area contributed by atoms with Crippen LogP contribution >= 0.6 is 12.2 Å². The van der Waals surface area contributed by atoms with Crippen LogP contribution in [0.5, 0.6) is 0 Å². The summed E-state index contributed by atoms with van der Waals surface area (Å²) in [6, 6.07) is 12.2. The largest absolute Gasteiger partial charge is 0.390 e. The number of rotatable bonds is 5. The molecule has 1 aromatic carbocycles. The molecule has 33 heavy (non-hydrogen) atoms. The highest BCUT2D eigenvalue weighted by molar-refractivity contribution is 7.80. The lowest BCUT2D eigenvalue weighted by Gasteiger charge is -2.41. The molecule has 0 bridgehead atoms. The van der Waals surface area contributed by atoms with Gasteiger partial charge in [-0.05, 0) is 60.6 Å². The summed E-state index contributed by atoms with van der Waals surface area (Å²) in [5.74, 6) is -0.784. The molecular weight excluding hydrogens is 440 g/mol. The molecule has 1 saturated carbocycles. The van der Waals surface area contributed by atoms with Crippen molar-refractivity contribution < 1.29 is 15.0 Å². The number of aromatic nitrogens is 3. The van der Waals surface area contributed by atoms with Crippen LogP contribution < -0.4 is 15.5 Å². The van der Waals surface area contributed by atoms with E-state index >= 15 is 0 Å². The maximum Gasteiger partial charge on any atom is 0.225 e. The first kappa shape index (κ1) is 21.5. The average molecular weight is 465 g/mol. The SMILES string of the molecule is O=C(NCc1cccnc1)C1CC(O)C(O)C2NC(=S)N(c3ccc(-n4cccn4)cc3)C12. The van der Waals surface area contributed by atoms with Gasteiger partial charge in [0.2, 0.25) is 5.91 Å². The number of nitrogens with zero attached hydrogens (tertiary/aromatic N) is 4. The van der Waals surface area contributed by atoms with Crippen molar-refractivity contribution in [2.45, 2.75) is 37.3 Å². The molecule has 2 aromatic heterocycles. The number of amides is 1. The minimum atomic E-state index is -1.04. The van der Waals surface area contributed by atoms with E-state index < -0.39 is 30.2 Å². The first-order valence-electron chi connectivity index (χ1n) is 10.8. The van der Waals surface area contributed by atoms with Gasteiger partial charge in [0.1, 0.15) is 6.10 Å². The molecule has 0 radical (unpaired) electrons. The van der Waals surface area contributed by atoms with E-state index in [-0.39, 0.29) is 12.3 Å². The zero-order valence-corrected chi connectivity index (χ0v) is 18.5. The molecule has 5 unspecified atom stereocenters. The van der Waals surface area contributed by atoms with E-state index in [1.807, 2.05) is 53.6 Å². The molecule has 3 aromatic rings.